The Bertz CT molecular complexity index is 952. The number of alkyl halides is 2. The number of unbranched alkanes of at least 4 members (excludes halogenated alkanes) is 2. The van der Waals surface area contributed by atoms with Crippen LogP contribution in [0.1, 0.15) is 60.2 Å². The van der Waals surface area contributed by atoms with Crippen molar-refractivity contribution in [3.63, 3.8) is 0 Å². The van der Waals surface area contributed by atoms with Crippen LogP contribution in [0.2, 0.25) is 0 Å². The van der Waals surface area contributed by atoms with E-state index in [1.807, 2.05) is 13.8 Å². The molecule has 10 heteroatoms. The van der Waals surface area contributed by atoms with Crippen molar-refractivity contribution in [2.45, 2.75) is 39.5 Å². The van der Waals surface area contributed by atoms with Gasteiger partial charge in [0.2, 0.25) is 0 Å². The lowest BCUT2D eigenvalue weighted by molar-refractivity contribution is 0.0490. The zero-order valence-corrected chi connectivity index (χ0v) is 24.2. The Morgan fingerprint density at radius 1 is 0.757 bits per heavy atom. The molecular formula is C27H32Br2F2O6. The minimum absolute atomic E-state index is 0.0319. The zero-order chi connectivity index (χ0) is 27.3. The second-order valence-corrected chi connectivity index (χ2v) is 9.74. The van der Waals surface area contributed by atoms with E-state index in [2.05, 4.69) is 31.9 Å². The summed E-state index contributed by atoms with van der Waals surface area (Å²) in [6.45, 7) is 4.57. The molecule has 0 fully saturated rings. The summed E-state index contributed by atoms with van der Waals surface area (Å²) in [5.41, 5.74) is -0.483. The summed E-state index contributed by atoms with van der Waals surface area (Å²) in [7, 11) is 0. The SMILES string of the molecule is CCCCOC(=O)c1ccc(OCC(CBr)(CBr)COc2ccc(C(=O)OCCCC)cc2F)c(F)c1. The molecule has 37 heavy (non-hydrogen) atoms. The Morgan fingerprint density at radius 2 is 1.16 bits per heavy atom. The molecule has 0 aliphatic heterocycles. The summed E-state index contributed by atoms with van der Waals surface area (Å²) in [4.78, 5) is 24.1. The Hall–Kier alpha value is -2.20. The van der Waals surface area contributed by atoms with Crippen molar-refractivity contribution < 1.29 is 37.3 Å². The van der Waals surface area contributed by atoms with Gasteiger partial charge in [-0.15, -0.1) is 0 Å². The van der Waals surface area contributed by atoms with Crippen LogP contribution in [0, 0.1) is 17.0 Å². The minimum Gasteiger partial charge on any atom is -0.490 e. The van der Waals surface area contributed by atoms with Gasteiger partial charge in [0.15, 0.2) is 23.1 Å². The van der Waals surface area contributed by atoms with E-state index in [9.17, 15) is 18.4 Å². The number of benzene rings is 2. The van der Waals surface area contributed by atoms with E-state index in [0.29, 0.717) is 10.7 Å². The number of rotatable bonds is 16. The molecule has 0 bridgehead atoms. The van der Waals surface area contributed by atoms with Gasteiger partial charge in [0.1, 0.15) is 0 Å². The van der Waals surface area contributed by atoms with Crippen molar-refractivity contribution in [3.05, 3.63) is 59.2 Å². The lowest BCUT2D eigenvalue weighted by atomic mass is 9.96. The summed E-state index contributed by atoms with van der Waals surface area (Å²) in [6, 6.07) is 7.78. The Morgan fingerprint density at radius 3 is 1.49 bits per heavy atom. The third-order valence-electron chi connectivity index (χ3n) is 5.43. The molecule has 0 radical (unpaired) electrons. The highest BCUT2D eigenvalue weighted by molar-refractivity contribution is 9.09. The lowest BCUT2D eigenvalue weighted by Gasteiger charge is -2.30. The van der Waals surface area contributed by atoms with Gasteiger partial charge in [0.25, 0.3) is 0 Å². The number of ether oxygens (including phenoxy) is 4. The van der Waals surface area contributed by atoms with Gasteiger partial charge in [0.05, 0.1) is 43.0 Å². The first-order valence-electron chi connectivity index (χ1n) is 12.1. The van der Waals surface area contributed by atoms with Crippen LogP contribution < -0.4 is 9.47 Å². The maximum absolute atomic E-state index is 14.6. The van der Waals surface area contributed by atoms with E-state index in [1.165, 1.54) is 24.3 Å². The molecule has 0 atom stereocenters. The molecule has 0 amide bonds. The van der Waals surface area contributed by atoms with Crippen LogP contribution in [0.25, 0.3) is 0 Å². The highest BCUT2D eigenvalue weighted by atomic mass is 79.9. The number of esters is 2. The van der Waals surface area contributed by atoms with Crippen LogP contribution in [-0.4, -0.2) is 49.0 Å². The second kappa shape index (κ2) is 15.9. The largest absolute Gasteiger partial charge is 0.490 e. The Kier molecular flexibility index (Phi) is 13.3. The van der Waals surface area contributed by atoms with Gasteiger partial charge in [0, 0.05) is 10.7 Å². The number of hydrogen-bond acceptors (Lipinski definition) is 6. The third kappa shape index (κ3) is 9.56. The van der Waals surface area contributed by atoms with Gasteiger partial charge in [-0.3, -0.25) is 0 Å². The van der Waals surface area contributed by atoms with E-state index in [1.54, 1.807) is 0 Å². The first-order chi connectivity index (χ1) is 17.8. The average Bonchev–Trinajstić information content (AvgIpc) is 2.90. The minimum atomic E-state index is -0.698. The summed E-state index contributed by atoms with van der Waals surface area (Å²) in [5, 5.41) is 0.802. The van der Waals surface area contributed by atoms with Gasteiger partial charge in [-0.2, -0.15) is 0 Å². The van der Waals surface area contributed by atoms with E-state index in [-0.39, 0.29) is 49.1 Å². The van der Waals surface area contributed by atoms with E-state index in [4.69, 9.17) is 18.9 Å². The molecule has 0 aliphatic carbocycles. The van der Waals surface area contributed by atoms with Crippen LogP contribution in [0.4, 0.5) is 8.78 Å². The molecule has 0 heterocycles. The highest BCUT2D eigenvalue weighted by Crippen LogP contribution is 2.29. The molecule has 2 aromatic carbocycles. The van der Waals surface area contributed by atoms with Crippen molar-refractivity contribution in [2.75, 3.05) is 37.1 Å². The van der Waals surface area contributed by atoms with Crippen molar-refractivity contribution in [1.29, 1.82) is 0 Å². The topological polar surface area (TPSA) is 71.1 Å². The van der Waals surface area contributed by atoms with Crippen molar-refractivity contribution in [3.8, 4) is 11.5 Å². The summed E-state index contributed by atoms with van der Waals surface area (Å²) < 4.78 is 50.9. The predicted octanol–water partition coefficient (Wildman–Crippen LogP) is 7.11. The molecule has 2 aromatic rings. The molecular weight excluding hydrogens is 618 g/mol. The van der Waals surface area contributed by atoms with Gasteiger partial charge < -0.3 is 18.9 Å². The standard InChI is InChI=1S/C27H32Br2F2O6/c1-3-5-11-34-25(32)19-7-9-23(21(30)13-19)36-17-27(15-28,16-29)18-37-24-10-8-20(14-22(24)31)26(33)35-12-6-4-2/h7-10,13-14H,3-6,11-12,15-18H2,1-2H3. The summed E-state index contributed by atoms with van der Waals surface area (Å²) in [6.07, 6.45) is 3.23. The van der Waals surface area contributed by atoms with Crippen molar-refractivity contribution in [1.82, 2.24) is 0 Å². The quantitative estimate of drug-likeness (QED) is 0.110. The fraction of sp³-hybridized carbons (Fsp3) is 0.481. The monoisotopic (exact) mass is 648 g/mol. The number of hydrogen-bond donors (Lipinski definition) is 0. The first-order valence-corrected chi connectivity index (χ1v) is 14.3. The number of halogens is 4. The van der Waals surface area contributed by atoms with Crippen molar-refractivity contribution >= 4 is 43.8 Å². The highest BCUT2D eigenvalue weighted by Gasteiger charge is 2.31. The molecule has 204 valence electrons. The molecule has 0 spiro atoms. The Labute approximate surface area is 233 Å². The normalized spacial score (nSPS) is 11.2. The van der Waals surface area contributed by atoms with E-state index < -0.39 is 29.0 Å². The van der Waals surface area contributed by atoms with Gasteiger partial charge >= 0.3 is 11.9 Å². The van der Waals surface area contributed by atoms with Gasteiger partial charge in [-0.25, -0.2) is 18.4 Å². The molecule has 0 aromatic heterocycles. The summed E-state index contributed by atoms with van der Waals surface area (Å²) >= 11 is 6.88. The third-order valence-corrected chi connectivity index (χ3v) is 7.81. The summed E-state index contributed by atoms with van der Waals surface area (Å²) in [5.74, 6) is -2.65. The van der Waals surface area contributed by atoms with Gasteiger partial charge in [-0.1, -0.05) is 58.5 Å². The van der Waals surface area contributed by atoms with Crippen LogP contribution in [0.3, 0.4) is 0 Å². The molecule has 0 unspecified atom stereocenters. The fourth-order valence-electron chi connectivity index (χ4n) is 2.97. The number of carbonyl (C=O) groups is 2. The smallest absolute Gasteiger partial charge is 0.338 e. The lowest BCUT2D eigenvalue weighted by Crippen LogP contribution is -2.38. The van der Waals surface area contributed by atoms with Crippen LogP contribution in [-0.2, 0) is 9.47 Å². The molecule has 0 N–H and O–H groups in total. The molecule has 2 rings (SSSR count). The molecule has 0 aliphatic rings. The van der Waals surface area contributed by atoms with E-state index in [0.717, 1.165) is 37.8 Å². The van der Waals surface area contributed by atoms with Crippen LogP contribution in [0.5, 0.6) is 11.5 Å². The molecule has 0 saturated heterocycles. The molecule has 6 nitrogen and oxygen atoms in total. The maximum Gasteiger partial charge on any atom is 0.338 e. The van der Waals surface area contributed by atoms with Gasteiger partial charge in [-0.05, 0) is 49.2 Å². The molecule has 0 saturated carbocycles. The predicted molar refractivity (Wildman–Crippen MR) is 144 cm³/mol. The average molecular weight is 650 g/mol. The van der Waals surface area contributed by atoms with Crippen molar-refractivity contribution in [2.24, 2.45) is 5.41 Å². The maximum atomic E-state index is 14.6. The first kappa shape index (κ1) is 31.0. The number of carbonyl (C=O) groups excluding carboxylic acids is 2. The van der Waals surface area contributed by atoms with E-state index >= 15 is 0 Å². The van der Waals surface area contributed by atoms with Crippen LogP contribution in [0.15, 0.2) is 36.4 Å². The van der Waals surface area contributed by atoms with Crippen LogP contribution >= 0.6 is 31.9 Å². The fourth-order valence-corrected chi connectivity index (χ4v) is 4.54. The second-order valence-electron chi connectivity index (χ2n) is 8.61. The zero-order valence-electron chi connectivity index (χ0n) is 21.0. The Balaban J connectivity index is 2.01.